The summed E-state index contributed by atoms with van der Waals surface area (Å²) in [5.41, 5.74) is 5.53. The number of aromatic nitrogens is 1. The Bertz CT molecular complexity index is 920. The van der Waals surface area contributed by atoms with Crippen molar-refractivity contribution < 1.29 is 16.5 Å². The van der Waals surface area contributed by atoms with Gasteiger partial charge in [-0.2, -0.15) is 35.9 Å². The Kier molecular flexibility index (Phi) is 8.37. The van der Waals surface area contributed by atoms with Crippen LogP contribution < -0.4 is 0 Å². The van der Waals surface area contributed by atoms with Crippen molar-refractivity contribution in [1.29, 1.82) is 0 Å². The average molecular weight is 421 g/mol. The van der Waals surface area contributed by atoms with Crippen LogP contribution in [0.3, 0.4) is 0 Å². The summed E-state index contributed by atoms with van der Waals surface area (Å²) in [6, 6.07) is 39.3. The van der Waals surface area contributed by atoms with Gasteiger partial charge in [0.1, 0.15) is 0 Å². The number of nitrogens with zero attached hydrogens (tertiary/aromatic N) is 1. The molecule has 2 heteroatoms. The Morgan fingerprint density at radius 3 is 1.52 bits per heavy atom. The Balaban J connectivity index is 0.000000234. The van der Waals surface area contributed by atoms with Gasteiger partial charge in [0.2, 0.25) is 0 Å². The Labute approximate surface area is 184 Å². The van der Waals surface area contributed by atoms with Crippen LogP contribution in [0.2, 0.25) is 0 Å². The zero-order valence-corrected chi connectivity index (χ0v) is 17.9. The topological polar surface area (TPSA) is 12.9 Å². The molecule has 3 aromatic carbocycles. The van der Waals surface area contributed by atoms with Gasteiger partial charge in [-0.3, -0.25) is 0 Å². The van der Waals surface area contributed by atoms with Crippen LogP contribution in [0.25, 0.3) is 22.5 Å². The van der Waals surface area contributed by atoms with E-state index >= 15 is 0 Å². The van der Waals surface area contributed by atoms with Crippen LogP contribution in [0.15, 0.2) is 91.0 Å². The van der Waals surface area contributed by atoms with E-state index in [1.54, 1.807) is 0 Å². The molecule has 0 spiro atoms. The minimum Gasteiger partial charge on any atom is -0.345 e. The molecular formula is C27H24NNi. The number of benzene rings is 3. The van der Waals surface area contributed by atoms with Crippen molar-refractivity contribution in [3.8, 4) is 22.5 Å². The molecule has 0 N–H and O–H groups in total. The van der Waals surface area contributed by atoms with Crippen LogP contribution in [0.1, 0.15) is 26.3 Å². The predicted molar refractivity (Wildman–Crippen MR) is 117 cm³/mol. The van der Waals surface area contributed by atoms with Crippen LogP contribution in [-0.2, 0) is 21.9 Å². The summed E-state index contributed by atoms with van der Waals surface area (Å²) in [4.78, 5) is 4.65. The quantitative estimate of drug-likeness (QED) is 0.256. The van der Waals surface area contributed by atoms with Gasteiger partial charge in [-0.1, -0.05) is 39.0 Å². The molecule has 0 fully saturated rings. The van der Waals surface area contributed by atoms with E-state index in [-0.39, 0.29) is 21.9 Å². The molecule has 0 saturated carbocycles. The maximum Gasteiger partial charge on any atom is 3.00 e. The molecule has 0 atom stereocenters. The molecule has 0 saturated heterocycles. The number of pyridine rings is 1. The molecule has 1 radical (unpaired) electrons. The van der Waals surface area contributed by atoms with Gasteiger partial charge in [0.25, 0.3) is 0 Å². The van der Waals surface area contributed by atoms with Gasteiger partial charge in [-0.15, -0.1) is 71.8 Å². The second-order valence-electron chi connectivity index (χ2n) is 7.50. The zero-order chi connectivity index (χ0) is 19.8. The predicted octanol–water partition coefficient (Wildman–Crippen LogP) is 6.80. The van der Waals surface area contributed by atoms with E-state index in [4.69, 9.17) is 0 Å². The summed E-state index contributed by atoms with van der Waals surface area (Å²) in [7, 11) is 0. The fourth-order valence-corrected chi connectivity index (χ4v) is 2.73. The van der Waals surface area contributed by atoms with Crippen molar-refractivity contribution in [2.75, 3.05) is 0 Å². The first-order valence-corrected chi connectivity index (χ1v) is 9.42. The number of rotatable bonds is 2. The largest absolute Gasteiger partial charge is 3.00 e. The molecule has 0 amide bonds. The third-order valence-electron chi connectivity index (χ3n) is 4.30. The maximum atomic E-state index is 4.65. The van der Waals surface area contributed by atoms with E-state index < -0.39 is 0 Å². The minimum absolute atomic E-state index is 0. The average Bonchev–Trinajstić information content (AvgIpc) is 2.76. The van der Waals surface area contributed by atoms with Crippen LogP contribution in [0, 0.1) is 18.2 Å². The molecule has 0 aliphatic rings. The first kappa shape index (κ1) is 22.6. The molecule has 4 aromatic rings. The van der Waals surface area contributed by atoms with Crippen molar-refractivity contribution in [2.45, 2.75) is 26.2 Å². The molecule has 1 nitrogen and oxygen atoms in total. The van der Waals surface area contributed by atoms with Gasteiger partial charge in [-0.25, -0.2) is 0 Å². The summed E-state index contributed by atoms with van der Waals surface area (Å²) < 4.78 is 0. The van der Waals surface area contributed by atoms with Crippen molar-refractivity contribution in [3.63, 3.8) is 0 Å². The van der Waals surface area contributed by atoms with Gasteiger partial charge in [0, 0.05) is 0 Å². The summed E-state index contributed by atoms with van der Waals surface area (Å²) in [5.74, 6) is 0. The van der Waals surface area contributed by atoms with Crippen molar-refractivity contribution in [2.24, 2.45) is 0 Å². The minimum atomic E-state index is 0. The molecule has 0 aliphatic heterocycles. The summed E-state index contributed by atoms with van der Waals surface area (Å²) in [6.07, 6.45) is 0. The SMILES string of the molecule is CC(C)(C)c1cc[c-]cc1.[Ni+3].[c-]1ccccc1-c1cccc(-c2[c-]cccc2)n1. The molecule has 4 rings (SSSR count). The van der Waals surface area contributed by atoms with E-state index in [0.717, 1.165) is 22.5 Å². The molecule has 0 bridgehead atoms. The smallest absolute Gasteiger partial charge is 0.345 e. The number of hydrogen-bond donors (Lipinski definition) is 0. The Morgan fingerprint density at radius 2 is 1.14 bits per heavy atom. The van der Waals surface area contributed by atoms with Gasteiger partial charge < -0.3 is 4.98 Å². The third-order valence-corrected chi connectivity index (χ3v) is 4.30. The first-order chi connectivity index (χ1) is 13.5. The van der Waals surface area contributed by atoms with E-state index in [2.05, 4.69) is 56.1 Å². The fraction of sp³-hybridized carbons (Fsp3) is 0.148. The van der Waals surface area contributed by atoms with Gasteiger partial charge in [0.15, 0.2) is 0 Å². The van der Waals surface area contributed by atoms with Crippen molar-refractivity contribution in [3.05, 3.63) is 115 Å². The third kappa shape index (κ3) is 6.70. The van der Waals surface area contributed by atoms with Gasteiger partial charge in [-0.05, 0) is 16.8 Å². The Hall–Kier alpha value is -2.70. The van der Waals surface area contributed by atoms with Crippen LogP contribution in [-0.4, -0.2) is 4.98 Å². The normalized spacial score (nSPS) is 10.3. The van der Waals surface area contributed by atoms with Crippen LogP contribution in [0.5, 0.6) is 0 Å². The summed E-state index contributed by atoms with van der Waals surface area (Å²) >= 11 is 0. The van der Waals surface area contributed by atoms with Crippen LogP contribution in [0.4, 0.5) is 0 Å². The molecular weight excluding hydrogens is 397 g/mol. The maximum absolute atomic E-state index is 4.65. The second-order valence-corrected chi connectivity index (χ2v) is 7.50. The van der Waals surface area contributed by atoms with E-state index in [1.807, 2.05) is 78.9 Å². The number of hydrogen-bond acceptors (Lipinski definition) is 1. The van der Waals surface area contributed by atoms with Gasteiger partial charge in [0.05, 0.1) is 0 Å². The summed E-state index contributed by atoms with van der Waals surface area (Å²) in [6.45, 7) is 6.63. The van der Waals surface area contributed by atoms with Crippen molar-refractivity contribution in [1.82, 2.24) is 4.98 Å². The molecule has 147 valence electrons. The fourth-order valence-electron chi connectivity index (χ4n) is 2.73. The monoisotopic (exact) mass is 420 g/mol. The van der Waals surface area contributed by atoms with Crippen molar-refractivity contribution >= 4 is 0 Å². The first-order valence-electron chi connectivity index (χ1n) is 9.42. The van der Waals surface area contributed by atoms with Crippen LogP contribution >= 0.6 is 0 Å². The Morgan fingerprint density at radius 1 is 0.621 bits per heavy atom. The molecule has 29 heavy (non-hydrogen) atoms. The molecule has 1 aromatic heterocycles. The van der Waals surface area contributed by atoms with E-state index in [0.29, 0.717) is 0 Å². The molecule has 0 aliphatic carbocycles. The van der Waals surface area contributed by atoms with E-state index in [9.17, 15) is 0 Å². The zero-order valence-electron chi connectivity index (χ0n) is 16.9. The van der Waals surface area contributed by atoms with Gasteiger partial charge >= 0.3 is 16.5 Å². The van der Waals surface area contributed by atoms with E-state index in [1.165, 1.54) is 5.56 Å². The standard InChI is InChI=1S/C17H11N.C10H13.Ni/c1-3-8-14(9-4-1)16-12-7-13-17(18-16)15-10-5-2-6-11-15;1-10(2,3)9-7-5-4-6-8-9;/h1-8,10,12-13H;5-8H,1-3H3;/q-2;-1;+3. The second kappa shape index (κ2) is 10.7. The molecule has 0 unspecified atom stereocenters. The molecule has 1 heterocycles. The summed E-state index contributed by atoms with van der Waals surface area (Å²) in [5, 5.41) is 0.